The first kappa shape index (κ1) is 47.3. The molecule has 0 amide bonds. The molecule has 3 aromatic rings. The number of carboxylic acids is 6. The number of hydrogen-bond donors (Lipinski definition) is 11. The molecule has 0 unspecified atom stereocenters. The number of aliphatic hydroxyl groups is 4. The third-order valence-electron chi connectivity index (χ3n) is 5.00. The third kappa shape index (κ3) is 21.0. The Bertz CT molecular complexity index is 1600. The van der Waals surface area contributed by atoms with Crippen molar-refractivity contribution in [2.75, 3.05) is 39.6 Å². The molecule has 0 spiro atoms. The first-order chi connectivity index (χ1) is 23.8. The van der Waals surface area contributed by atoms with Crippen molar-refractivity contribution in [1.82, 2.24) is 0 Å². The Labute approximate surface area is 288 Å². The highest BCUT2D eigenvalue weighted by molar-refractivity contribution is 7.85. The topological polar surface area (TPSA) is 368 Å². The van der Waals surface area contributed by atoms with Gasteiger partial charge in [-0.05, 0) is 60.7 Å². The molecule has 0 aliphatic heterocycles. The Hall–Kier alpha value is -5.81. The van der Waals surface area contributed by atoms with Crippen molar-refractivity contribution in [3.63, 3.8) is 0 Å². The van der Waals surface area contributed by atoms with Crippen LogP contribution in [0.2, 0.25) is 0 Å². The maximum Gasteiger partial charge on any atom is 0.335 e. The van der Waals surface area contributed by atoms with Gasteiger partial charge in [-0.3, -0.25) is 4.55 Å². The van der Waals surface area contributed by atoms with Gasteiger partial charge >= 0.3 is 35.8 Å². The van der Waals surface area contributed by atoms with Gasteiger partial charge in [0.25, 0.3) is 10.1 Å². The fourth-order valence-corrected chi connectivity index (χ4v) is 3.32. The van der Waals surface area contributed by atoms with E-state index in [4.69, 9.17) is 55.6 Å². The molecule has 0 heterocycles. The number of aliphatic hydroxyl groups excluding tert-OH is 4. The molecular weight excluding hydrogens is 712 g/mol. The van der Waals surface area contributed by atoms with Crippen LogP contribution in [0.4, 0.5) is 0 Å². The van der Waals surface area contributed by atoms with Crippen LogP contribution in [0.3, 0.4) is 0 Å². The lowest BCUT2D eigenvalue weighted by Crippen LogP contribution is -2.07. The highest BCUT2D eigenvalue weighted by Gasteiger charge is 2.17. The smallest absolute Gasteiger partial charge is 0.335 e. The van der Waals surface area contributed by atoms with E-state index in [2.05, 4.69) is 4.74 Å². The van der Waals surface area contributed by atoms with Gasteiger partial charge in [0.2, 0.25) is 0 Å². The summed E-state index contributed by atoms with van der Waals surface area (Å²) in [6.45, 7) is 0.446. The zero-order valence-electron chi connectivity index (χ0n) is 26.1. The molecule has 280 valence electrons. The summed E-state index contributed by atoms with van der Waals surface area (Å²) in [6.07, 6.45) is 0. The summed E-state index contributed by atoms with van der Waals surface area (Å²) in [4.78, 5) is 61.8. The quantitative estimate of drug-likeness (QED) is 0.0885. The summed E-state index contributed by atoms with van der Waals surface area (Å²) in [5, 5.41) is 82.6. The van der Waals surface area contributed by atoms with E-state index in [1.54, 1.807) is 0 Å². The molecule has 3 aromatic carbocycles. The maximum absolute atomic E-state index is 10.8. The van der Waals surface area contributed by atoms with Crippen LogP contribution in [0, 0.1) is 0 Å². The van der Waals surface area contributed by atoms with E-state index in [1.807, 2.05) is 0 Å². The normalized spacial score (nSPS) is 9.75. The Balaban J connectivity index is 0. The Morgan fingerprint density at radius 3 is 0.980 bits per heavy atom. The first-order valence-corrected chi connectivity index (χ1v) is 14.9. The SMILES string of the molecule is O=C(O)c1cc(C(=O)O)cc(S(=O)(=O)O)c1.O=C(O)c1ccc(C(=O)O)cc1.O=C(O)c1cccc(C(=O)O)c1.OCCO.OCCOCCO. The summed E-state index contributed by atoms with van der Waals surface area (Å²) in [5.74, 6) is -7.36. The van der Waals surface area contributed by atoms with Crippen LogP contribution in [0.5, 0.6) is 0 Å². The molecule has 3 rings (SSSR count). The number of benzene rings is 3. The Morgan fingerprint density at radius 1 is 0.451 bits per heavy atom. The van der Waals surface area contributed by atoms with Crippen LogP contribution < -0.4 is 0 Å². The van der Waals surface area contributed by atoms with Gasteiger partial charge in [0.05, 0.1) is 77.9 Å². The molecule has 0 radical (unpaired) electrons. The number of hydrogen-bond acceptors (Lipinski definition) is 13. The molecule has 0 bridgehead atoms. The van der Waals surface area contributed by atoms with Crippen molar-refractivity contribution in [2.24, 2.45) is 0 Å². The average molecular weight is 747 g/mol. The zero-order chi connectivity index (χ0) is 39.7. The lowest BCUT2D eigenvalue weighted by atomic mass is 10.1. The summed E-state index contributed by atoms with van der Waals surface area (Å²) in [7, 11) is -4.64. The van der Waals surface area contributed by atoms with Crippen LogP contribution in [0.15, 0.2) is 71.6 Å². The van der Waals surface area contributed by atoms with Crippen molar-refractivity contribution in [3.8, 4) is 0 Å². The standard InChI is InChI=1S/C8H6O7S.2C8H6O4.C4H10O3.C2H6O2/c9-7(10)4-1-5(8(11)12)3-6(2-4)16(13,14)15;9-7(10)5-1-2-6(4-3-5)8(11)12;9-7(10)5-2-1-3-6(4-5)8(11)12;5-1-3-7-4-2-6;3-1-2-4/h1-3H,(H,9,10)(H,11,12)(H,13,14,15);2*1-4H,(H,9,10)(H,11,12);5-6H,1-4H2;3-4H,1-2H2. The minimum absolute atomic E-state index is 0.0186. The lowest BCUT2D eigenvalue weighted by molar-refractivity contribution is 0.0650. The Kier molecular flexibility index (Phi) is 23.4. The predicted octanol–water partition coefficient (Wildman–Crippen LogP) is 0.454. The number of ether oxygens (including phenoxy) is 1. The monoisotopic (exact) mass is 746 g/mol. The summed E-state index contributed by atoms with van der Waals surface area (Å²) >= 11 is 0. The zero-order valence-corrected chi connectivity index (χ0v) is 26.9. The largest absolute Gasteiger partial charge is 0.478 e. The number of rotatable bonds is 12. The van der Waals surface area contributed by atoms with Crippen LogP contribution in [0.25, 0.3) is 0 Å². The second kappa shape index (κ2) is 25.2. The minimum Gasteiger partial charge on any atom is -0.478 e. The highest BCUT2D eigenvalue weighted by atomic mass is 32.2. The number of aromatic carboxylic acids is 6. The van der Waals surface area contributed by atoms with Crippen molar-refractivity contribution in [2.45, 2.75) is 4.90 Å². The molecular formula is C30H34O20S. The first-order valence-electron chi connectivity index (χ1n) is 13.5. The van der Waals surface area contributed by atoms with Crippen LogP contribution in [0.1, 0.15) is 62.1 Å². The van der Waals surface area contributed by atoms with Gasteiger partial charge in [-0.25, -0.2) is 28.8 Å². The molecule has 20 nitrogen and oxygen atoms in total. The van der Waals surface area contributed by atoms with Crippen molar-refractivity contribution in [3.05, 3.63) is 100 Å². The molecule has 0 saturated heterocycles. The lowest BCUT2D eigenvalue weighted by Gasteiger charge is -2.02. The number of carboxylic acid groups (broad SMARTS) is 6. The van der Waals surface area contributed by atoms with Gasteiger partial charge in [0.15, 0.2) is 0 Å². The van der Waals surface area contributed by atoms with Crippen molar-refractivity contribution in [1.29, 1.82) is 0 Å². The van der Waals surface area contributed by atoms with Crippen LogP contribution in [-0.2, 0) is 14.9 Å². The average Bonchev–Trinajstić information content (AvgIpc) is 3.08. The second-order valence-electron chi connectivity index (χ2n) is 8.72. The van der Waals surface area contributed by atoms with Gasteiger partial charge in [-0.1, -0.05) is 6.07 Å². The fraction of sp³-hybridized carbons (Fsp3) is 0.200. The van der Waals surface area contributed by atoms with E-state index in [0.29, 0.717) is 25.3 Å². The van der Waals surface area contributed by atoms with Gasteiger partial charge < -0.3 is 55.8 Å². The van der Waals surface area contributed by atoms with Crippen LogP contribution >= 0.6 is 0 Å². The van der Waals surface area contributed by atoms with E-state index >= 15 is 0 Å². The van der Waals surface area contributed by atoms with Crippen LogP contribution in [-0.4, -0.2) is 139 Å². The molecule has 0 aromatic heterocycles. The second-order valence-corrected chi connectivity index (χ2v) is 10.1. The van der Waals surface area contributed by atoms with Crippen molar-refractivity contribution >= 4 is 45.9 Å². The summed E-state index contributed by atoms with van der Waals surface area (Å²) in [6, 6.07) is 12.4. The third-order valence-corrected chi connectivity index (χ3v) is 5.84. The molecule has 11 N–H and O–H groups in total. The van der Waals surface area contributed by atoms with E-state index < -0.39 is 62.0 Å². The molecule has 21 heteroatoms. The molecule has 0 aliphatic rings. The molecule has 0 aliphatic carbocycles. The van der Waals surface area contributed by atoms with Gasteiger partial charge in [0.1, 0.15) is 0 Å². The molecule has 0 saturated carbocycles. The molecule has 0 fully saturated rings. The van der Waals surface area contributed by atoms with E-state index in [9.17, 15) is 37.2 Å². The van der Waals surface area contributed by atoms with Gasteiger partial charge in [0, 0.05) is 0 Å². The van der Waals surface area contributed by atoms with Gasteiger partial charge in [-0.2, -0.15) is 8.42 Å². The van der Waals surface area contributed by atoms with Crippen molar-refractivity contribution < 1.29 is 97.5 Å². The minimum atomic E-state index is -4.64. The van der Waals surface area contributed by atoms with E-state index in [0.717, 1.165) is 12.1 Å². The van der Waals surface area contributed by atoms with E-state index in [-0.39, 0.29) is 48.7 Å². The summed E-state index contributed by atoms with van der Waals surface area (Å²) in [5.41, 5.74) is -0.940. The number of carbonyl (C=O) groups is 6. The van der Waals surface area contributed by atoms with Gasteiger partial charge in [-0.15, -0.1) is 0 Å². The van der Waals surface area contributed by atoms with E-state index in [1.165, 1.54) is 42.5 Å². The fourth-order valence-electron chi connectivity index (χ4n) is 2.77. The molecule has 51 heavy (non-hydrogen) atoms. The maximum atomic E-state index is 10.8. The Morgan fingerprint density at radius 2 is 0.745 bits per heavy atom. The summed E-state index contributed by atoms with van der Waals surface area (Å²) < 4.78 is 34.8. The predicted molar refractivity (Wildman–Crippen MR) is 170 cm³/mol. The highest BCUT2D eigenvalue weighted by Crippen LogP contribution is 2.15. The molecule has 0 atom stereocenters.